The van der Waals surface area contributed by atoms with E-state index < -0.39 is 0 Å². The number of halogens is 1. The first-order valence-corrected chi connectivity index (χ1v) is 7.09. The lowest BCUT2D eigenvalue weighted by Gasteiger charge is -2.08. The third-order valence-corrected chi connectivity index (χ3v) is 3.71. The van der Waals surface area contributed by atoms with Crippen LogP contribution in [0, 0.1) is 0 Å². The van der Waals surface area contributed by atoms with Crippen LogP contribution in [0.15, 0.2) is 40.9 Å². The number of benzene rings is 2. The minimum atomic E-state index is 0.267. The Hall–Kier alpha value is -1.72. The molecular formula is C15H14BrNO3. The van der Waals surface area contributed by atoms with E-state index in [4.69, 9.17) is 9.47 Å². The zero-order valence-electron chi connectivity index (χ0n) is 10.7. The van der Waals surface area contributed by atoms with Gasteiger partial charge in [-0.1, -0.05) is 18.2 Å². The fraction of sp³-hybridized carbons (Fsp3) is 0.200. The highest BCUT2D eigenvalue weighted by molar-refractivity contribution is 9.10. The van der Waals surface area contributed by atoms with Gasteiger partial charge in [0.2, 0.25) is 6.79 Å². The van der Waals surface area contributed by atoms with Crippen molar-refractivity contribution in [1.29, 1.82) is 0 Å². The first-order chi connectivity index (χ1) is 9.74. The van der Waals surface area contributed by atoms with Crippen molar-refractivity contribution in [3.8, 4) is 17.2 Å². The Balaban J connectivity index is 1.65. The number of phenolic OH excluding ortho intramolecular Hbond substituents is 1. The van der Waals surface area contributed by atoms with Gasteiger partial charge < -0.3 is 19.9 Å². The van der Waals surface area contributed by atoms with E-state index in [0.29, 0.717) is 18.8 Å². The molecule has 104 valence electrons. The Kier molecular flexibility index (Phi) is 3.80. The summed E-state index contributed by atoms with van der Waals surface area (Å²) in [4.78, 5) is 0. The van der Waals surface area contributed by atoms with Crippen LogP contribution in [-0.2, 0) is 13.1 Å². The second-order valence-corrected chi connectivity index (χ2v) is 5.40. The van der Waals surface area contributed by atoms with Crippen molar-refractivity contribution in [2.24, 2.45) is 0 Å². The van der Waals surface area contributed by atoms with Gasteiger partial charge in [-0.25, -0.2) is 0 Å². The molecule has 0 unspecified atom stereocenters. The van der Waals surface area contributed by atoms with Gasteiger partial charge in [-0.15, -0.1) is 0 Å². The predicted octanol–water partition coefficient (Wildman–Crippen LogP) is 3.17. The highest BCUT2D eigenvalue weighted by atomic mass is 79.9. The molecule has 1 heterocycles. The SMILES string of the molecule is Oc1ccccc1CNCc1cc(Br)c2c(c1)OCO2. The van der Waals surface area contributed by atoms with Crippen molar-refractivity contribution in [1.82, 2.24) is 5.32 Å². The molecule has 0 aliphatic carbocycles. The number of phenols is 1. The Morgan fingerprint density at radius 3 is 2.85 bits per heavy atom. The smallest absolute Gasteiger partial charge is 0.231 e. The molecule has 3 rings (SSSR count). The van der Waals surface area contributed by atoms with Crippen LogP contribution >= 0.6 is 15.9 Å². The monoisotopic (exact) mass is 335 g/mol. The highest BCUT2D eigenvalue weighted by Gasteiger charge is 2.17. The van der Waals surface area contributed by atoms with Gasteiger partial charge in [0, 0.05) is 18.7 Å². The van der Waals surface area contributed by atoms with Crippen LogP contribution in [0.1, 0.15) is 11.1 Å². The molecule has 0 saturated carbocycles. The molecule has 0 aromatic heterocycles. The van der Waals surface area contributed by atoms with Crippen LogP contribution in [0.25, 0.3) is 0 Å². The Bertz CT molecular complexity index is 631. The average molecular weight is 336 g/mol. The summed E-state index contributed by atoms with van der Waals surface area (Å²) >= 11 is 3.47. The lowest BCUT2D eigenvalue weighted by atomic mass is 10.1. The lowest BCUT2D eigenvalue weighted by Crippen LogP contribution is -2.12. The maximum Gasteiger partial charge on any atom is 0.231 e. The van der Waals surface area contributed by atoms with Gasteiger partial charge >= 0.3 is 0 Å². The summed E-state index contributed by atoms with van der Waals surface area (Å²) in [5.41, 5.74) is 1.98. The van der Waals surface area contributed by atoms with Crippen molar-refractivity contribution in [3.63, 3.8) is 0 Å². The molecule has 0 bridgehead atoms. The highest BCUT2D eigenvalue weighted by Crippen LogP contribution is 2.39. The van der Waals surface area contributed by atoms with Crippen molar-refractivity contribution in [3.05, 3.63) is 52.0 Å². The van der Waals surface area contributed by atoms with Crippen molar-refractivity contribution < 1.29 is 14.6 Å². The first-order valence-electron chi connectivity index (χ1n) is 6.29. The first kappa shape index (κ1) is 13.3. The minimum absolute atomic E-state index is 0.267. The summed E-state index contributed by atoms with van der Waals surface area (Å²) in [6.45, 7) is 1.56. The van der Waals surface area contributed by atoms with Crippen LogP contribution in [0.4, 0.5) is 0 Å². The van der Waals surface area contributed by atoms with Crippen LogP contribution in [0.2, 0.25) is 0 Å². The van der Waals surface area contributed by atoms with Crippen LogP contribution in [0.5, 0.6) is 17.2 Å². The lowest BCUT2D eigenvalue weighted by molar-refractivity contribution is 0.173. The summed E-state index contributed by atoms with van der Waals surface area (Å²) in [5.74, 6) is 1.83. The number of para-hydroxylation sites is 1. The number of hydrogen-bond acceptors (Lipinski definition) is 4. The fourth-order valence-electron chi connectivity index (χ4n) is 2.12. The zero-order chi connectivity index (χ0) is 13.9. The van der Waals surface area contributed by atoms with Gasteiger partial charge in [0.25, 0.3) is 0 Å². The summed E-state index contributed by atoms with van der Waals surface area (Å²) < 4.78 is 11.6. The van der Waals surface area contributed by atoms with Crippen molar-refractivity contribution >= 4 is 15.9 Å². The largest absolute Gasteiger partial charge is 0.508 e. The molecule has 2 N–H and O–H groups in total. The third-order valence-electron chi connectivity index (χ3n) is 3.12. The number of aromatic hydroxyl groups is 1. The van der Waals surface area contributed by atoms with E-state index in [1.165, 1.54) is 0 Å². The maximum absolute atomic E-state index is 9.69. The summed E-state index contributed by atoms with van der Waals surface area (Å²) in [7, 11) is 0. The van der Waals surface area contributed by atoms with Gasteiger partial charge in [-0.2, -0.15) is 0 Å². The van der Waals surface area contributed by atoms with E-state index in [0.717, 1.165) is 27.1 Å². The maximum atomic E-state index is 9.69. The van der Waals surface area contributed by atoms with E-state index >= 15 is 0 Å². The van der Waals surface area contributed by atoms with Crippen molar-refractivity contribution in [2.75, 3.05) is 6.79 Å². The van der Waals surface area contributed by atoms with E-state index in [1.54, 1.807) is 6.07 Å². The quantitative estimate of drug-likeness (QED) is 0.901. The van der Waals surface area contributed by atoms with Gasteiger partial charge in [0.15, 0.2) is 11.5 Å². The second-order valence-electron chi connectivity index (χ2n) is 4.54. The van der Waals surface area contributed by atoms with E-state index in [-0.39, 0.29) is 6.79 Å². The molecule has 0 amide bonds. The molecule has 0 spiro atoms. The molecule has 0 fully saturated rings. The second kappa shape index (κ2) is 5.73. The average Bonchev–Trinajstić information content (AvgIpc) is 2.90. The molecule has 20 heavy (non-hydrogen) atoms. The van der Waals surface area contributed by atoms with Crippen LogP contribution in [0.3, 0.4) is 0 Å². The zero-order valence-corrected chi connectivity index (χ0v) is 12.3. The number of nitrogens with one attached hydrogen (secondary N) is 1. The van der Waals surface area contributed by atoms with Gasteiger partial charge in [-0.3, -0.25) is 0 Å². The fourth-order valence-corrected chi connectivity index (χ4v) is 2.73. The predicted molar refractivity (Wildman–Crippen MR) is 78.9 cm³/mol. The van der Waals surface area contributed by atoms with E-state index in [9.17, 15) is 5.11 Å². The Morgan fingerprint density at radius 2 is 2.00 bits per heavy atom. The minimum Gasteiger partial charge on any atom is -0.508 e. The number of ether oxygens (including phenoxy) is 2. The van der Waals surface area contributed by atoms with Crippen LogP contribution in [-0.4, -0.2) is 11.9 Å². The molecule has 1 aliphatic heterocycles. The molecule has 4 nitrogen and oxygen atoms in total. The molecule has 0 radical (unpaired) electrons. The molecule has 2 aromatic carbocycles. The Labute approximate surface area is 125 Å². The summed E-state index contributed by atoms with van der Waals surface area (Å²) in [5, 5.41) is 13.0. The van der Waals surface area contributed by atoms with Crippen molar-refractivity contribution in [2.45, 2.75) is 13.1 Å². The van der Waals surface area contributed by atoms with Crippen LogP contribution < -0.4 is 14.8 Å². The van der Waals surface area contributed by atoms with Gasteiger partial charge in [0.1, 0.15) is 5.75 Å². The standard InChI is InChI=1S/C15H14BrNO3/c16-12-5-10(6-14-15(12)20-9-19-14)7-17-8-11-3-1-2-4-13(11)18/h1-6,17-18H,7-9H2. The third kappa shape index (κ3) is 2.73. The van der Waals surface area contributed by atoms with Gasteiger partial charge in [-0.05, 0) is 39.7 Å². The molecule has 0 saturated heterocycles. The van der Waals surface area contributed by atoms with E-state index in [1.807, 2.05) is 30.3 Å². The molecule has 1 aliphatic rings. The Morgan fingerprint density at radius 1 is 1.15 bits per heavy atom. The number of hydrogen-bond donors (Lipinski definition) is 2. The molecule has 0 atom stereocenters. The van der Waals surface area contributed by atoms with E-state index in [2.05, 4.69) is 21.2 Å². The molecule has 5 heteroatoms. The molecule has 2 aromatic rings. The summed E-state index contributed by atoms with van der Waals surface area (Å²) in [6, 6.07) is 11.3. The summed E-state index contributed by atoms with van der Waals surface area (Å²) in [6.07, 6.45) is 0. The van der Waals surface area contributed by atoms with Gasteiger partial charge in [0.05, 0.1) is 4.47 Å². The number of rotatable bonds is 4. The normalized spacial score (nSPS) is 12.7. The molecular weight excluding hydrogens is 322 g/mol. The topological polar surface area (TPSA) is 50.7 Å². The number of fused-ring (bicyclic) bond motifs is 1.